The van der Waals surface area contributed by atoms with E-state index in [0.29, 0.717) is 41.5 Å². The first-order chi connectivity index (χ1) is 11.5. The lowest BCUT2D eigenvalue weighted by molar-refractivity contribution is 0.0626. The minimum absolute atomic E-state index is 0.0322. The van der Waals surface area contributed by atoms with Crippen molar-refractivity contribution in [3.63, 3.8) is 0 Å². The monoisotopic (exact) mass is 349 g/mol. The number of carbonyl (C=O) groups is 2. The number of carbonyl (C=O) groups excluding carboxylic acids is 1. The number of aryl methyl sites for hydroxylation is 2. The van der Waals surface area contributed by atoms with E-state index in [-0.39, 0.29) is 5.91 Å². The Morgan fingerprint density at radius 1 is 1.25 bits per heavy atom. The summed E-state index contributed by atoms with van der Waals surface area (Å²) in [6, 6.07) is 3.50. The van der Waals surface area contributed by atoms with Crippen LogP contribution in [0, 0.1) is 13.8 Å². The van der Waals surface area contributed by atoms with Crippen LogP contribution in [0.1, 0.15) is 36.4 Å². The predicted octanol–water partition coefficient (Wildman–Crippen LogP) is 2.01. The molecule has 0 aliphatic carbocycles. The van der Waals surface area contributed by atoms with Gasteiger partial charge in [0.05, 0.1) is 5.69 Å². The van der Waals surface area contributed by atoms with Gasteiger partial charge in [0.15, 0.2) is 0 Å². The number of aromatic carboxylic acids is 1. The number of rotatable bonds is 4. The number of piperazine rings is 1. The van der Waals surface area contributed by atoms with Crippen LogP contribution in [0.2, 0.25) is 0 Å². The third kappa shape index (κ3) is 3.34. The SMILES string of the molecule is Cc1noc(C)c1C(=O)N1CCN(Cc2ccc(C(=O)O)s2)CC1. The van der Waals surface area contributed by atoms with Crippen LogP contribution in [-0.4, -0.2) is 58.1 Å². The summed E-state index contributed by atoms with van der Waals surface area (Å²) in [5.74, 6) is -0.365. The smallest absolute Gasteiger partial charge is 0.345 e. The largest absolute Gasteiger partial charge is 0.477 e. The number of carboxylic acids is 1. The second-order valence-electron chi connectivity index (χ2n) is 5.84. The Hall–Kier alpha value is -2.19. The normalized spacial score (nSPS) is 15.7. The van der Waals surface area contributed by atoms with Crippen LogP contribution >= 0.6 is 11.3 Å². The van der Waals surface area contributed by atoms with Gasteiger partial charge < -0.3 is 14.5 Å². The molecule has 128 valence electrons. The van der Waals surface area contributed by atoms with Crippen molar-refractivity contribution in [1.29, 1.82) is 0 Å². The topological polar surface area (TPSA) is 86.9 Å². The molecule has 8 heteroatoms. The molecular formula is C16H19N3O4S. The molecule has 0 unspecified atom stereocenters. The van der Waals surface area contributed by atoms with Crippen LogP contribution in [-0.2, 0) is 6.54 Å². The van der Waals surface area contributed by atoms with Gasteiger partial charge in [0, 0.05) is 37.6 Å². The second kappa shape index (κ2) is 6.74. The van der Waals surface area contributed by atoms with Crippen LogP contribution in [0.5, 0.6) is 0 Å². The molecule has 0 aromatic carbocycles. The Labute approximate surface area is 143 Å². The van der Waals surface area contributed by atoms with E-state index in [4.69, 9.17) is 9.63 Å². The summed E-state index contributed by atoms with van der Waals surface area (Å²) in [6.45, 7) is 7.04. The van der Waals surface area contributed by atoms with Crippen molar-refractivity contribution < 1.29 is 19.2 Å². The lowest BCUT2D eigenvalue weighted by atomic mass is 10.1. The van der Waals surface area contributed by atoms with Crippen molar-refractivity contribution in [3.8, 4) is 0 Å². The van der Waals surface area contributed by atoms with E-state index >= 15 is 0 Å². The highest BCUT2D eigenvalue weighted by molar-refractivity contribution is 7.13. The third-order valence-electron chi connectivity index (χ3n) is 4.16. The Balaban J connectivity index is 1.57. The zero-order chi connectivity index (χ0) is 17.3. The predicted molar refractivity (Wildman–Crippen MR) is 88.4 cm³/mol. The van der Waals surface area contributed by atoms with Crippen LogP contribution in [0.25, 0.3) is 0 Å². The van der Waals surface area contributed by atoms with Crippen LogP contribution in [0.4, 0.5) is 0 Å². The Morgan fingerprint density at radius 2 is 1.96 bits per heavy atom. The van der Waals surface area contributed by atoms with E-state index < -0.39 is 5.97 Å². The third-order valence-corrected chi connectivity index (χ3v) is 5.22. The molecule has 2 aromatic rings. The fourth-order valence-corrected chi connectivity index (χ4v) is 3.74. The fraction of sp³-hybridized carbons (Fsp3) is 0.438. The van der Waals surface area contributed by atoms with Gasteiger partial charge in [-0.1, -0.05) is 5.16 Å². The standard InChI is InChI=1S/C16H19N3O4S/c1-10-14(11(2)23-17-10)15(20)19-7-5-18(6-8-19)9-12-3-4-13(24-12)16(21)22/h3-4H,5-9H2,1-2H3,(H,21,22). The Morgan fingerprint density at radius 3 is 2.50 bits per heavy atom. The maximum absolute atomic E-state index is 12.6. The highest BCUT2D eigenvalue weighted by atomic mass is 32.1. The average molecular weight is 349 g/mol. The van der Waals surface area contributed by atoms with E-state index in [1.807, 2.05) is 11.0 Å². The van der Waals surface area contributed by atoms with E-state index in [9.17, 15) is 9.59 Å². The summed E-state index contributed by atoms with van der Waals surface area (Å²) >= 11 is 1.30. The van der Waals surface area contributed by atoms with Crippen LogP contribution < -0.4 is 0 Å². The van der Waals surface area contributed by atoms with Crippen molar-refractivity contribution in [1.82, 2.24) is 15.0 Å². The lowest BCUT2D eigenvalue weighted by Crippen LogP contribution is -2.48. The number of aromatic nitrogens is 1. The summed E-state index contributed by atoms with van der Waals surface area (Å²) in [5, 5.41) is 12.8. The summed E-state index contributed by atoms with van der Waals surface area (Å²) in [4.78, 5) is 29.0. The zero-order valence-corrected chi connectivity index (χ0v) is 14.4. The summed E-state index contributed by atoms with van der Waals surface area (Å²) in [6.07, 6.45) is 0. The molecule has 1 amide bonds. The van der Waals surface area contributed by atoms with Gasteiger partial charge in [-0.05, 0) is 26.0 Å². The second-order valence-corrected chi connectivity index (χ2v) is 7.01. The molecule has 1 aliphatic heterocycles. The molecule has 3 rings (SSSR count). The first-order valence-electron chi connectivity index (χ1n) is 7.72. The van der Waals surface area contributed by atoms with Gasteiger partial charge in [-0.15, -0.1) is 11.3 Å². The number of hydrogen-bond donors (Lipinski definition) is 1. The highest BCUT2D eigenvalue weighted by Gasteiger charge is 2.26. The van der Waals surface area contributed by atoms with Crippen molar-refractivity contribution >= 4 is 23.2 Å². The van der Waals surface area contributed by atoms with E-state index in [1.54, 1.807) is 19.9 Å². The van der Waals surface area contributed by atoms with Crippen LogP contribution in [0.15, 0.2) is 16.7 Å². The number of thiophene rings is 1. The molecule has 0 saturated carbocycles. The van der Waals surface area contributed by atoms with Gasteiger partial charge in [0.2, 0.25) is 0 Å². The number of hydrogen-bond acceptors (Lipinski definition) is 6. The molecule has 1 N–H and O–H groups in total. The van der Waals surface area contributed by atoms with Crippen LogP contribution in [0.3, 0.4) is 0 Å². The minimum atomic E-state index is -0.888. The summed E-state index contributed by atoms with van der Waals surface area (Å²) in [5.41, 5.74) is 1.19. The van der Waals surface area contributed by atoms with Gasteiger partial charge in [-0.2, -0.15) is 0 Å². The maximum Gasteiger partial charge on any atom is 0.345 e. The van der Waals surface area contributed by atoms with Crippen molar-refractivity contribution in [3.05, 3.63) is 38.9 Å². The number of nitrogens with zero attached hydrogens (tertiary/aromatic N) is 3. The molecule has 1 fully saturated rings. The van der Waals surface area contributed by atoms with Gasteiger partial charge in [-0.3, -0.25) is 9.69 Å². The maximum atomic E-state index is 12.6. The Kier molecular flexibility index (Phi) is 4.68. The molecule has 2 aromatic heterocycles. The van der Waals surface area contributed by atoms with E-state index in [1.165, 1.54) is 11.3 Å². The highest BCUT2D eigenvalue weighted by Crippen LogP contribution is 2.20. The fourth-order valence-electron chi connectivity index (χ4n) is 2.85. The van der Waals surface area contributed by atoms with Crippen molar-refractivity contribution in [2.45, 2.75) is 20.4 Å². The first-order valence-corrected chi connectivity index (χ1v) is 8.54. The molecule has 0 bridgehead atoms. The molecule has 1 saturated heterocycles. The van der Waals surface area contributed by atoms with Crippen molar-refractivity contribution in [2.75, 3.05) is 26.2 Å². The molecule has 24 heavy (non-hydrogen) atoms. The molecule has 0 spiro atoms. The quantitative estimate of drug-likeness (QED) is 0.909. The van der Waals surface area contributed by atoms with Gasteiger partial charge in [0.25, 0.3) is 5.91 Å². The summed E-state index contributed by atoms with van der Waals surface area (Å²) in [7, 11) is 0. The first kappa shape index (κ1) is 16.7. The van der Waals surface area contributed by atoms with Gasteiger partial charge >= 0.3 is 5.97 Å². The molecule has 1 aliphatic rings. The molecular weight excluding hydrogens is 330 g/mol. The molecule has 0 atom stereocenters. The van der Waals surface area contributed by atoms with E-state index in [0.717, 1.165) is 18.0 Å². The lowest BCUT2D eigenvalue weighted by Gasteiger charge is -2.34. The van der Waals surface area contributed by atoms with E-state index in [2.05, 4.69) is 10.1 Å². The Bertz CT molecular complexity index is 740. The van der Waals surface area contributed by atoms with Gasteiger partial charge in [0.1, 0.15) is 16.2 Å². The minimum Gasteiger partial charge on any atom is -0.477 e. The number of amides is 1. The zero-order valence-electron chi connectivity index (χ0n) is 13.6. The summed E-state index contributed by atoms with van der Waals surface area (Å²) < 4.78 is 5.07. The molecule has 0 radical (unpaired) electrons. The molecule has 7 nitrogen and oxygen atoms in total. The van der Waals surface area contributed by atoms with Crippen molar-refractivity contribution in [2.24, 2.45) is 0 Å². The number of carboxylic acid groups (broad SMARTS) is 1. The average Bonchev–Trinajstić information content (AvgIpc) is 3.15. The van der Waals surface area contributed by atoms with Gasteiger partial charge in [-0.25, -0.2) is 4.79 Å². The molecule has 3 heterocycles.